The summed E-state index contributed by atoms with van der Waals surface area (Å²) in [5.41, 5.74) is 0.179. The Labute approximate surface area is 105 Å². The summed E-state index contributed by atoms with van der Waals surface area (Å²) in [6, 6.07) is 6.07. The highest BCUT2D eigenvalue weighted by Crippen LogP contribution is 2.29. The van der Waals surface area contributed by atoms with Crippen LogP contribution in [0.15, 0.2) is 30.5 Å². The molecular weight excluding hydrogens is 258 g/mol. The number of hydrogen-bond acceptors (Lipinski definition) is 6. The summed E-state index contributed by atoms with van der Waals surface area (Å²) in [4.78, 5) is 24.8. The highest BCUT2D eigenvalue weighted by atomic mass is 32.1. The van der Waals surface area contributed by atoms with Gasteiger partial charge in [0.1, 0.15) is 10.6 Å². The molecule has 8 heteroatoms. The molecule has 0 aliphatic heterocycles. The summed E-state index contributed by atoms with van der Waals surface area (Å²) in [6.45, 7) is 0. The molecule has 0 aliphatic carbocycles. The van der Waals surface area contributed by atoms with Crippen LogP contribution in [0.25, 0.3) is 0 Å². The van der Waals surface area contributed by atoms with Crippen molar-refractivity contribution in [2.45, 2.75) is 0 Å². The van der Waals surface area contributed by atoms with Gasteiger partial charge >= 0.3 is 5.97 Å². The smallest absolute Gasteiger partial charge is 0.347 e. The molecule has 1 aromatic carbocycles. The topological polar surface area (TPSA) is 105 Å². The van der Waals surface area contributed by atoms with Gasteiger partial charge in [-0.2, -0.15) is 0 Å². The zero-order valence-corrected chi connectivity index (χ0v) is 9.68. The van der Waals surface area contributed by atoms with Crippen molar-refractivity contribution in [3.05, 3.63) is 45.5 Å². The lowest BCUT2D eigenvalue weighted by Gasteiger charge is -2.02. The molecule has 1 aromatic heterocycles. The number of nitrogens with zero attached hydrogens (tertiary/aromatic N) is 2. The Morgan fingerprint density at radius 3 is 2.78 bits per heavy atom. The predicted molar refractivity (Wildman–Crippen MR) is 65.5 cm³/mol. The van der Waals surface area contributed by atoms with Crippen molar-refractivity contribution in [1.29, 1.82) is 0 Å². The number of nitrogens with one attached hydrogen (secondary N) is 1. The van der Waals surface area contributed by atoms with E-state index in [4.69, 9.17) is 5.11 Å². The molecule has 0 spiro atoms. The van der Waals surface area contributed by atoms with Crippen molar-refractivity contribution in [2.75, 3.05) is 5.32 Å². The van der Waals surface area contributed by atoms with Crippen LogP contribution in [0.3, 0.4) is 0 Å². The summed E-state index contributed by atoms with van der Waals surface area (Å²) in [7, 11) is 0. The van der Waals surface area contributed by atoms with Crippen molar-refractivity contribution in [3.8, 4) is 0 Å². The second-order valence-electron chi connectivity index (χ2n) is 3.23. The number of rotatable bonds is 4. The minimum Gasteiger partial charge on any atom is -0.477 e. The number of aromatic carboxylic acids is 1. The number of thiazole rings is 1. The fourth-order valence-electron chi connectivity index (χ4n) is 1.28. The summed E-state index contributed by atoms with van der Waals surface area (Å²) in [6.07, 6.45) is 1.20. The van der Waals surface area contributed by atoms with Gasteiger partial charge in [-0.1, -0.05) is 23.5 Å². The van der Waals surface area contributed by atoms with E-state index in [2.05, 4.69) is 10.3 Å². The average molecular weight is 265 g/mol. The molecule has 18 heavy (non-hydrogen) atoms. The van der Waals surface area contributed by atoms with Crippen LogP contribution >= 0.6 is 11.3 Å². The molecule has 0 aliphatic rings. The van der Waals surface area contributed by atoms with Gasteiger partial charge in [-0.25, -0.2) is 9.78 Å². The molecule has 0 fully saturated rings. The summed E-state index contributed by atoms with van der Waals surface area (Å²) in [5.74, 6) is -1.08. The Balaban J connectivity index is 2.28. The van der Waals surface area contributed by atoms with Gasteiger partial charge in [0.25, 0.3) is 5.69 Å². The molecule has 0 bridgehead atoms. The molecule has 0 radical (unpaired) electrons. The third kappa shape index (κ3) is 2.43. The number of para-hydroxylation sites is 2. The lowest BCUT2D eigenvalue weighted by atomic mass is 10.3. The van der Waals surface area contributed by atoms with Crippen LogP contribution in [0.5, 0.6) is 0 Å². The summed E-state index contributed by atoms with van der Waals surface area (Å²) >= 11 is 0.912. The average Bonchev–Trinajstić information content (AvgIpc) is 2.78. The maximum Gasteiger partial charge on any atom is 0.347 e. The lowest BCUT2D eigenvalue weighted by molar-refractivity contribution is -0.383. The quantitative estimate of drug-likeness (QED) is 0.649. The molecule has 92 valence electrons. The number of hydrogen-bond donors (Lipinski definition) is 2. The standard InChI is InChI=1S/C10H7N3O4S/c14-9(15)8-5-11-10(18-8)12-6-3-1-2-4-7(6)13(16)17/h1-5H,(H,11,12)(H,14,15). The first-order valence-corrected chi connectivity index (χ1v) is 5.59. The number of nitro benzene ring substituents is 1. The highest BCUT2D eigenvalue weighted by Gasteiger charge is 2.14. The highest BCUT2D eigenvalue weighted by molar-refractivity contribution is 7.17. The van der Waals surface area contributed by atoms with Crippen LogP contribution in [0.1, 0.15) is 9.67 Å². The largest absolute Gasteiger partial charge is 0.477 e. The van der Waals surface area contributed by atoms with Crippen LogP contribution in [0, 0.1) is 10.1 Å². The van der Waals surface area contributed by atoms with Gasteiger partial charge in [-0.3, -0.25) is 10.1 Å². The van der Waals surface area contributed by atoms with E-state index in [-0.39, 0.29) is 16.3 Å². The maximum atomic E-state index is 10.8. The van der Waals surface area contributed by atoms with Crippen LogP contribution < -0.4 is 5.32 Å². The van der Waals surface area contributed by atoms with Gasteiger partial charge in [0.05, 0.1) is 11.1 Å². The van der Waals surface area contributed by atoms with Gasteiger partial charge in [0.15, 0.2) is 5.13 Å². The first kappa shape index (κ1) is 12.0. The van der Waals surface area contributed by atoms with E-state index in [1.54, 1.807) is 12.1 Å². The normalized spacial score (nSPS) is 10.0. The van der Waals surface area contributed by atoms with Crippen molar-refractivity contribution in [1.82, 2.24) is 4.98 Å². The Morgan fingerprint density at radius 2 is 2.17 bits per heavy atom. The molecule has 0 saturated heterocycles. The molecule has 1 heterocycles. The van der Waals surface area contributed by atoms with Crippen LogP contribution in [0.2, 0.25) is 0 Å². The summed E-state index contributed by atoms with van der Waals surface area (Å²) in [5, 5.41) is 22.5. The zero-order chi connectivity index (χ0) is 13.1. The van der Waals surface area contributed by atoms with Crippen LogP contribution in [0.4, 0.5) is 16.5 Å². The van der Waals surface area contributed by atoms with Crippen LogP contribution in [-0.4, -0.2) is 21.0 Å². The van der Waals surface area contributed by atoms with Gasteiger partial charge in [0, 0.05) is 6.07 Å². The second kappa shape index (κ2) is 4.80. The lowest BCUT2D eigenvalue weighted by Crippen LogP contribution is -1.95. The third-order valence-electron chi connectivity index (χ3n) is 2.06. The Bertz CT molecular complexity index is 611. The molecule has 0 amide bonds. The zero-order valence-electron chi connectivity index (χ0n) is 8.86. The number of carboxylic acid groups (broad SMARTS) is 1. The molecular formula is C10H7N3O4S. The number of anilines is 2. The Hall–Kier alpha value is -2.48. The molecule has 0 atom stereocenters. The van der Waals surface area contributed by atoms with Crippen molar-refractivity contribution >= 4 is 33.8 Å². The predicted octanol–water partition coefficient (Wildman–Crippen LogP) is 2.49. The van der Waals surface area contributed by atoms with E-state index in [0.29, 0.717) is 5.13 Å². The fraction of sp³-hybridized carbons (Fsp3) is 0. The van der Waals surface area contributed by atoms with Crippen molar-refractivity contribution in [2.24, 2.45) is 0 Å². The van der Waals surface area contributed by atoms with Gasteiger partial charge in [-0.05, 0) is 6.07 Å². The monoisotopic (exact) mass is 265 g/mol. The Morgan fingerprint density at radius 1 is 1.44 bits per heavy atom. The first-order chi connectivity index (χ1) is 8.58. The van der Waals surface area contributed by atoms with Crippen molar-refractivity contribution < 1.29 is 14.8 Å². The molecule has 2 N–H and O–H groups in total. The second-order valence-corrected chi connectivity index (χ2v) is 4.26. The Kier molecular flexibility index (Phi) is 3.20. The van der Waals surface area contributed by atoms with E-state index < -0.39 is 10.9 Å². The summed E-state index contributed by atoms with van der Waals surface area (Å²) < 4.78 is 0. The number of aromatic nitrogens is 1. The number of nitro groups is 1. The van der Waals surface area contributed by atoms with E-state index in [0.717, 1.165) is 11.3 Å². The minimum atomic E-state index is -1.08. The third-order valence-corrected chi connectivity index (χ3v) is 2.96. The number of benzene rings is 1. The number of carboxylic acids is 1. The van der Waals surface area contributed by atoms with E-state index in [9.17, 15) is 14.9 Å². The van der Waals surface area contributed by atoms with E-state index >= 15 is 0 Å². The van der Waals surface area contributed by atoms with Crippen molar-refractivity contribution in [3.63, 3.8) is 0 Å². The SMILES string of the molecule is O=C(O)c1cnc(Nc2ccccc2[N+](=O)[O-])s1. The fourth-order valence-corrected chi connectivity index (χ4v) is 1.95. The van der Waals surface area contributed by atoms with E-state index in [1.165, 1.54) is 18.3 Å². The maximum absolute atomic E-state index is 10.8. The van der Waals surface area contributed by atoms with Gasteiger partial charge in [0.2, 0.25) is 0 Å². The molecule has 7 nitrogen and oxygen atoms in total. The number of carbonyl (C=O) groups is 1. The van der Waals surface area contributed by atoms with E-state index in [1.807, 2.05) is 0 Å². The molecule has 2 rings (SSSR count). The van der Waals surface area contributed by atoms with Gasteiger partial charge in [-0.15, -0.1) is 0 Å². The minimum absolute atomic E-state index is 0.0658. The van der Waals surface area contributed by atoms with Gasteiger partial charge < -0.3 is 10.4 Å². The first-order valence-electron chi connectivity index (χ1n) is 4.77. The molecule has 2 aromatic rings. The molecule has 0 unspecified atom stereocenters. The molecule has 0 saturated carbocycles. The van der Waals surface area contributed by atoms with Crippen LogP contribution in [-0.2, 0) is 0 Å².